The molecule has 0 aliphatic carbocycles. The second-order valence-corrected chi connectivity index (χ2v) is 5.87. The number of hydrogen-bond donors (Lipinski definition) is 2. The first-order chi connectivity index (χ1) is 8.15. The lowest BCUT2D eigenvalue weighted by Crippen LogP contribution is -2.31. The molecule has 4 N–H and O–H groups in total. The summed E-state index contributed by atoms with van der Waals surface area (Å²) in [5, 5.41) is 0.916. The van der Waals surface area contributed by atoms with Crippen molar-refractivity contribution in [2.75, 3.05) is 42.3 Å². The number of nitrogen functional groups attached to an aromatic ring is 1. The van der Waals surface area contributed by atoms with Crippen molar-refractivity contribution >= 4 is 39.7 Å². The Kier molecular flexibility index (Phi) is 3.68. The molecule has 1 aliphatic heterocycles. The van der Waals surface area contributed by atoms with Crippen molar-refractivity contribution in [3.63, 3.8) is 0 Å². The molecular formula is C10H15N3O2S2. The van der Waals surface area contributed by atoms with Crippen LogP contribution in [0.15, 0.2) is 0 Å². The minimum absolute atomic E-state index is 0.359. The SMILES string of the molecule is COc1c(N2CCSCC2)sc(C(N)=O)c1N. The van der Waals surface area contributed by atoms with Crippen molar-refractivity contribution in [1.82, 2.24) is 0 Å². The molecule has 0 saturated carbocycles. The first-order valence-electron chi connectivity index (χ1n) is 5.24. The van der Waals surface area contributed by atoms with Gasteiger partial charge in [-0.05, 0) is 0 Å². The molecule has 2 rings (SSSR count). The number of thiophene rings is 1. The van der Waals surface area contributed by atoms with Crippen LogP contribution in [0.1, 0.15) is 9.67 Å². The molecule has 7 heteroatoms. The maximum atomic E-state index is 11.3. The van der Waals surface area contributed by atoms with Gasteiger partial charge in [0, 0.05) is 24.6 Å². The Morgan fingerprint density at radius 1 is 1.41 bits per heavy atom. The quantitative estimate of drug-likeness (QED) is 0.858. The number of anilines is 2. The minimum Gasteiger partial charge on any atom is -0.492 e. The van der Waals surface area contributed by atoms with Crippen molar-refractivity contribution in [3.05, 3.63) is 4.88 Å². The van der Waals surface area contributed by atoms with Gasteiger partial charge in [0.1, 0.15) is 15.6 Å². The summed E-state index contributed by atoms with van der Waals surface area (Å²) in [5.41, 5.74) is 11.5. The van der Waals surface area contributed by atoms with Crippen LogP contribution in [-0.2, 0) is 0 Å². The van der Waals surface area contributed by atoms with Gasteiger partial charge in [-0.15, -0.1) is 11.3 Å². The summed E-state index contributed by atoms with van der Waals surface area (Å²) in [6.45, 7) is 1.89. The molecule has 94 valence electrons. The van der Waals surface area contributed by atoms with E-state index in [4.69, 9.17) is 16.2 Å². The number of amides is 1. The number of nitrogens with two attached hydrogens (primary N) is 2. The molecule has 5 nitrogen and oxygen atoms in total. The van der Waals surface area contributed by atoms with E-state index in [9.17, 15) is 4.79 Å². The zero-order valence-corrected chi connectivity index (χ0v) is 11.2. The Hall–Kier alpha value is -1.08. The molecule has 17 heavy (non-hydrogen) atoms. The number of rotatable bonds is 3. The molecule has 0 spiro atoms. The van der Waals surface area contributed by atoms with E-state index in [1.165, 1.54) is 11.3 Å². The maximum Gasteiger partial charge on any atom is 0.261 e. The third-order valence-electron chi connectivity index (χ3n) is 2.61. The van der Waals surface area contributed by atoms with Crippen LogP contribution in [-0.4, -0.2) is 37.6 Å². The van der Waals surface area contributed by atoms with E-state index in [0.29, 0.717) is 16.3 Å². The number of nitrogens with zero attached hydrogens (tertiary/aromatic N) is 1. The van der Waals surface area contributed by atoms with Gasteiger partial charge in [-0.1, -0.05) is 0 Å². The van der Waals surface area contributed by atoms with E-state index < -0.39 is 5.91 Å². The monoisotopic (exact) mass is 273 g/mol. The van der Waals surface area contributed by atoms with Crippen LogP contribution in [0.4, 0.5) is 10.7 Å². The van der Waals surface area contributed by atoms with Crippen LogP contribution >= 0.6 is 23.1 Å². The van der Waals surface area contributed by atoms with Crippen molar-refractivity contribution in [1.29, 1.82) is 0 Å². The standard InChI is InChI=1S/C10H15N3O2S2/c1-15-7-6(11)8(9(12)14)17-10(7)13-2-4-16-5-3-13/h2-5,11H2,1H3,(H2,12,14). The van der Waals surface area contributed by atoms with E-state index >= 15 is 0 Å². The van der Waals surface area contributed by atoms with Crippen molar-refractivity contribution in [2.24, 2.45) is 5.73 Å². The highest BCUT2D eigenvalue weighted by Gasteiger charge is 2.24. The van der Waals surface area contributed by atoms with Crippen LogP contribution in [0.5, 0.6) is 5.75 Å². The smallest absolute Gasteiger partial charge is 0.261 e. The number of ether oxygens (including phenoxy) is 1. The summed E-state index contributed by atoms with van der Waals surface area (Å²) in [4.78, 5) is 13.8. The predicted octanol–water partition coefficient (Wildman–Crippen LogP) is 0.991. The van der Waals surface area contributed by atoms with Gasteiger partial charge in [0.05, 0.1) is 7.11 Å². The Morgan fingerprint density at radius 2 is 2.06 bits per heavy atom. The Bertz CT molecular complexity index is 427. The van der Waals surface area contributed by atoms with Crippen LogP contribution < -0.4 is 21.1 Å². The highest BCUT2D eigenvalue weighted by atomic mass is 32.2. The maximum absolute atomic E-state index is 11.3. The lowest BCUT2D eigenvalue weighted by Gasteiger charge is -2.27. The molecule has 0 bridgehead atoms. The molecule has 1 aliphatic rings. The highest BCUT2D eigenvalue weighted by Crippen LogP contribution is 2.45. The summed E-state index contributed by atoms with van der Waals surface area (Å²) in [6, 6.07) is 0. The summed E-state index contributed by atoms with van der Waals surface area (Å²) in [7, 11) is 1.56. The molecule has 0 aromatic carbocycles. The molecule has 0 radical (unpaired) electrons. The first-order valence-corrected chi connectivity index (χ1v) is 7.21. The van der Waals surface area contributed by atoms with Crippen molar-refractivity contribution in [2.45, 2.75) is 0 Å². The lowest BCUT2D eigenvalue weighted by atomic mass is 10.3. The molecule has 1 saturated heterocycles. The number of thioether (sulfide) groups is 1. The van der Waals surface area contributed by atoms with Crippen LogP contribution in [0.3, 0.4) is 0 Å². The Morgan fingerprint density at radius 3 is 2.59 bits per heavy atom. The van der Waals surface area contributed by atoms with Gasteiger partial charge >= 0.3 is 0 Å². The molecule has 0 atom stereocenters. The third-order valence-corrected chi connectivity index (χ3v) is 4.81. The molecule has 0 unspecified atom stereocenters. The number of carbonyl (C=O) groups excluding carboxylic acids is 1. The van der Waals surface area contributed by atoms with Crippen molar-refractivity contribution in [3.8, 4) is 5.75 Å². The average Bonchev–Trinajstić information content (AvgIpc) is 2.67. The Labute approximate surface area is 108 Å². The fourth-order valence-corrected chi connectivity index (χ4v) is 3.77. The van der Waals surface area contributed by atoms with Crippen LogP contribution in [0.2, 0.25) is 0 Å². The number of primary amides is 1. The van der Waals surface area contributed by atoms with E-state index in [0.717, 1.165) is 29.6 Å². The topological polar surface area (TPSA) is 81.6 Å². The summed E-state index contributed by atoms with van der Waals surface area (Å²) in [6.07, 6.45) is 0. The zero-order valence-electron chi connectivity index (χ0n) is 9.56. The van der Waals surface area contributed by atoms with Crippen LogP contribution in [0, 0.1) is 0 Å². The normalized spacial score (nSPS) is 15.9. The van der Waals surface area contributed by atoms with Gasteiger partial charge in [0.2, 0.25) is 0 Å². The van der Waals surface area contributed by atoms with Crippen molar-refractivity contribution < 1.29 is 9.53 Å². The second-order valence-electron chi connectivity index (χ2n) is 3.65. The van der Waals surface area contributed by atoms with Crippen LogP contribution in [0.25, 0.3) is 0 Å². The van der Waals surface area contributed by atoms with E-state index in [-0.39, 0.29) is 0 Å². The highest BCUT2D eigenvalue weighted by molar-refractivity contribution is 7.99. The summed E-state index contributed by atoms with van der Waals surface area (Å²) >= 11 is 3.24. The fraction of sp³-hybridized carbons (Fsp3) is 0.500. The molecule has 2 heterocycles. The molecule has 1 aromatic rings. The van der Waals surface area contributed by atoms with Gasteiger partial charge in [0.15, 0.2) is 5.75 Å². The third kappa shape index (κ3) is 2.30. The summed E-state index contributed by atoms with van der Waals surface area (Å²) in [5.74, 6) is 2.24. The Balaban J connectivity index is 2.38. The molecule has 1 amide bonds. The zero-order chi connectivity index (χ0) is 12.4. The van der Waals surface area contributed by atoms with Gasteiger partial charge in [-0.2, -0.15) is 11.8 Å². The average molecular weight is 273 g/mol. The van der Waals surface area contributed by atoms with Gasteiger partial charge in [0.25, 0.3) is 5.91 Å². The minimum atomic E-state index is -0.497. The number of hydrogen-bond acceptors (Lipinski definition) is 6. The first kappa shape index (κ1) is 12.4. The fourth-order valence-electron chi connectivity index (χ4n) is 1.77. The van der Waals surface area contributed by atoms with Gasteiger partial charge in [-0.3, -0.25) is 4.79 Å². The van der Waals surface area contributed by atoms with E-state index in [1.807, 2.05) is 11.8 Å². The largest absolute Gasteiger partial charge is 0.492 e. The number of methoxy groups -OCH3 is 1. The molecule has 1 aromatic heterocycles. The van der Waals surface area contributed by atoms with Gasteiger partial charge < -0.3 is 21.1 Å². The predicted molar refractivity (Wildman–Crippen MR) is 73.3 cm³/mol. The van der Waals surface area contributed by atoms with E-state index in [2.05, 4.69) is 4.90 Å². The number of carbonyl (C=O) groups is 1. The summed E-state index contributed by atoms with van der Waals surface area (Å²) < 4.78 is 5.29. The van der Waals surface area contributed by atoms with E-state index in [1.54, 1.807) is 7.11 Å². The van der Waals surface area contributed by atoms with Gasteiger partial charge in [-0.25, -0.2) is 0 Å². The second kappa shape index (κ2) is 5.05. The lowest BCUT2D eigenvalue weighted by molar-refractivity contribution is 0.100. The molecular weight excluding hydrogens is 258 g/mol. The molecule has 1 fully saturated rings.